The Balaban J connectivity index is 1.64. The van der Waals surface area contributed by atoms with Gasteiger partial charge in [0.25, 0.3) is 0 Å². The van der Waals surface area contributed by atoms with E-state index in [-0.39, 0.29) is 30.2 Å². The molecule has 0 aliphatic carbocycles. The fourth-order valence-electron chi connectivity index (χ4n) is 3.61. The molecule has 1 N–H and O–H groups in total. The lowest BCUT2D eigenvalue weighted by Crippen LogP contribution is -2.46. The van der Waals surface area contributed by atoms with Gasteiger partial charge in [-0.2, -0.15) is 0 Å². The standard InChI is InChI=1S/C22H26Cl2N2O3S/c1-15-5-7-17(8-6-15)16(2)25-22(27)18-4-3-11-26(13-18)30(28,29)14-19-9-10-20(23)12-21(19)24/h5-10,12,16,18H,3-4,11,13-14H2,1-2H3,(H,25,27)/t16-,18+/m1/s1. The maximum atomic E-state index is 12.9. The van der Waals surface area contributed by atoms with Gasteiger partial charge in [-0.3, -0.25) is 4.79 Å². The van der Waals surface area contributed by atoms with Gasteiger partial charge in [-0.05, 0) is 49.9 Å². The topological polar surface area (TPSA) is 66.5 Å². The van der Waals surface area contributed by atoms with Gasteiger partial charge in [0.15, 0.2) is 0 Å². The zero-order valence-electron chi connectivity index (χ0n) is 17.1. The van der Waals surface area contributed by atoms with Crippen LogP contribution in [0.15, 0.2) is 42.5 Å². The number of piperidine rings is 1. The Kier molecular flexibility index (Phi) is 7.45. The normalized spacial score (nSPS) is 18.7. The number of nitrogens with zero attached hydrogens (tertiary/aromatic N) is 1. The number of rotatable bonds is 6. The summed E-state index contributed by atoms with van der Waals surface area (Å²) in [6.07, 6.45) is 1.31. The van der Waals surface area contributed by atoms with Gasteiger partial charge in [-0.25, -0.2) is 12.7 Å². The first-order valence-corrected chi connectivity index (χ1v) is 12.3. The molecule has 162 valence electrons. The molecule has 3 rings (SSSR count). The van der Waals surface area contributed by atoms with E-state index in [1.54, 1.807) is 12.1 Å². The second-order valence-electron chi connectivity index (χ2n) is 7.83. The first-order chi connectivity index (χ1) is 14.2. The maximum absolute atomic E-state index is 12.9. The van der Waals surface area contributed by atoms with Gasteiger partial charge < -0.3 is 5.32 Å². The highest BCUT2D eigenvalue weighted by Crippen LogP contribution is 2.26. The number of sulfonamides is 1. The predicted octanol–water partition coefficient (Wildman–Crippen LogP) is 4.72. The van der Waals surface area contributed by atoms with Crippen molar-refractivity contribution in [1.29, 1.82) is 0 Å². The van der Waals surface area contributed by atoms with Crippen LogP contribution in [0, 0.1) is 12.8 Å². The molecule has 8 heteroatoms. The third kappa shape index (κ3) is 5.76. The molecule has 1 amide bonds. The Morgan fingerprint density at radius 1 is 1.20 bits per heavy atom. The molecule has 0 aromatic heterocycles. The van der Waals surface area contributed by atoms with Gasteiger partial charge >= 0.3 is 0 Å². The Morgan fingerprint density at radius 3 is 2.57 bits per heavy atom. The number of aryl methyl sites for hydroxylation is 1. The van der Waals surface area contributed by atoms with Crippen LogP contribution in [0.1, 0.15) is 42.5 Å². The van der Waals surface area contributed by atoms with Crippen molar-refractivity contribution in [3.05, 3.63) is 69.2 Å². The van der Waals surface area contributed by atoms with E-state index in [2.05, 4.69) is 5.32 Å². The van der Waals surface area contributed by atoms with Gasteiger partial charge in [0.1, 0.15) is 0 Å². The first kappa shape index (κ1) is 23.1. The molecule has 30 heavy (non-hydrogen) atoms. The molecule has 2 atom stereocenters. The largest absolute Gasteiger partial charge is 0.349 e. The molecule has 1 aliphatic rings. The number of carbonyl (C=O) groups is 1. The van der Waals surface area contributed by atoms with Crippen LogP contribution >= 0.6 is 23.2 Å². The Morgan fingerprint density at radius 2 is 1.90 bits per heavy atom. The summed E-state index contributed by atoms with van der Waals surface area (Å²) < 4.78 is 27.3. The molecule has 1 fully saturated rings. The van der Waals surface area contributed by atoms with Crippen molar-refractivity contribution >= 4 is 39.1 Å². The lowest BCUT2D eigenvalue weighted by atomic mass is 9.97. The Hall–Kier alpha value is -1.60. The van der Waals surface area contributed by atoms with Gasteiger partial charge in [0.05, 0.1) is 17.7 Å². The fourth-order valence-corrected chi connectivity index (χ4v) is 5.80. The zero-order chi connectivity index (χ0) is 21.9. The average Bonchev–Trinajstić information content (AvgIpc) is 2.70. The van der Waals surface area contributed by atoms with Crippen LogP contribution in [0.2, 0.25) is 10.0 Å². The summed E-state index contributed by atoms with van der Waals surface area (Å²) in [5.41, 5.74) is 2.68. The number of hydrogen-bond acceptors (Lipinski definition) is 3. The van der Waals surface area contributed by atoms with Gasteiger partial charge in [-0.15, -0.1) is 0 Å². The van der Waals surface area contributed by atoms with Crippen LogP contribution in [0.3, 0.4) is 0 Å². The lowest BCUT2D eigenvalue weighted by Gasteiger charge is -2.32. The highest BCUT2D eigenvalue weighted by Gasteiger charge is 2.33. The Labute approximate surface area is 188 Å². The number of hydrogen-bond donors (Lipinski definition) is 1. The summed E-state index contributed by atoms with van der Waals surface area (Å²) in [6.45, 7) is 4.54. The van der Waals surface area contributed by atoms with E-state index >= 15 is 0 Å². The van der Waals surface area contributed by atoms with Crippen LogP contribution in [-0.4, -0.2) is 31.7 Å². The molecule has 0 radical (unpaired) electrons. The summed E-state index contributed by atoms with van der Waals surface area (Å²) in [6, 6.07) is 12.6. The van der Waals surface area contributed by atoms with E-state index in [0.29, 0.717) is 35.0 Å². The minimum Gasteiger partial charge on any atom is -0.349 e. The third-order valence-corrected chi connectivity index (χ3v) is 7.82. The van der Waals surface area contributed by atoms with Gasteiger partial charge in [0.2, 0.25) is 15.9 Å². The smallest absolute Gasteiger partial charge is 0.224 e. The second kappa shape index (κ2) is 9.69. The predicted molar refractivity (Wildman–Crippen MR) is 121 cm³/mol. The number of amides is 1. The minimum atomic E-state index is -3.60. The fraction of sp³-hybridized carbons (Fsp3) is 0.409. The van der Waals surface area contributed by atoms with E-state index in [4.69, 9.17) is 23.2 Å². The molecular weight excluding hydrogens is 443 g/mol. The van der Waals surface area contributed by atoms with Crippen LogP contribution in [0.5, 0.6) is 0 Å². The molecular formula is C22H26Cl2N2O3S. The van der Waals surface area contributed by atoms with Crippen molar-refractivity contribution in [3.63, 3.8) is 0 Å². The van der Waals surface area contributed by atoms with E-state index in [1.165, 1.54) is 10.4 Å². The number of nitrogens with one attached hydrogen (secondary N) is 1. The van der Waals surface area contributed by atoms with E-state index in [0.717, 1.165) is 11.1 Å². The summed E-state index contributed by atoms with van der Waals surface area (Å²) in [5.74, 6) is -0.702. The maximum Gasteiger partial charge on any atom is 0.224 e. The van der Waals surface area contributed by atoms with Crippen LogP contribution in [0.25, 0.3) is 0 Å². The highest BCUT2D eigenvalue weighted by molar-refractivity contribution is 7.88. The third-order valence-electron chi connectivity index (χ3n) is 5.44. The molecule has 0 saturated carbocycles. The molecule has 1 aliphatic heterocycles. The molecule has 5 nitrogen and oxygen atoms in total. The lowest BCUT2D eigenvalue weighted by molar-refractivity contribution is -0.126. The van der Waals surface area contributed by atoms with Crippen molar-refractivity contribution in [2.75, 3.05) is 13.1 Å². The zero-order valence-corrected chi connectivity index (χ0v) is 19.4. The molecule has 1 heterocycles. The van der Waals surface area contributed by atoms with Crippen molar-refractivity contribution in [1.82, 2.24) is 9.62 Å². The molecule has 2 aromatic rings. The summed E-state index contributed by atoms with van der Waals surface area (Å²) in [7, 11) is -3.60. The summed E-state index contributed by atoms with van der Waals surface area (Å²) >= 11 is 12.0. The Bertz CT molecular complexity index is 1010. The SMILES string of the molecule is Cc1ccc([C@@H](C)NC(=O)[C@H]2CCCN(S(=O)(=O)Cc3ccc(Cl)cc3Cl)C2)cc1. The molecule has 0 unspecified atom stereocenters. The number of halogens is 2. The number of benzene rings is 2. The first-order valence-electron chi connectivity index (χ1n) is 9.94. The molecule has 2 aromatic carbocycles. The van der Waals surface area contributed by atoms with Crippen LogP contribution < -0.4 is 5.32 Å². The monoisotopic (exact) mass is 468 g/mol. The van der Waals surface area contributed by atoms with Crippen molar-refractivity contribution < 1.29 is 13.2 Å². The van der Waals surface area contributed by atoms with Crippen molar-refractivity contribution in [3.8, 4) is 0 Å². The van der Waals surface area contributed by atoms with Gasteiger partial charge in [-0.1, -0.05) is 59.1 Å². The highest BCUT2D eigenvalue weighted by atomic mass is 35.5. The molecule has 0 spiro atoms. The van der Waals surface area contributed by atoms with Crippen molar-refractivity contribution in [2.24, 2.45) is 5.92 Å². The van der Waals surface area contributed by atoms with Crippen molar-refractivity contribution in [2.45, 2.75) is 38.5 Å². The van der Waals surface area contributed by atoms with E-state index in [9.17, 15) is 13.2 Å². The quantitative estimate of drug-likeness (QED) is 0.666. The van der Waals surface area contributed by atoms with Crippen LogP contribution in [0.4, 0.5) is 0 Å². The minimum absolute atomic E-state index is 0.118. The summed E-state index contributed by atoms with van der Waals surface area (Å²) in [5, 5.41) is 3.81. The number of carbonyl (C=O) groups excluding carboxylic acids is 1. The summed E-state index contributed by atoms with van der Waals surface area (Å²) in [4.78, 5) is 12.8. The van der Waals surface area contributed by atoms with Crippen LogP contribution in [-0.2, 0) is 20.6 Å². The van der Waals surface area contributed by atoms with Gasteiger partial charge in [0, 0.05) is 23.1 Å². The van der Waals surface area contributed by atoms with E-state index in [1.807, 2.05) is 38.1 Å². The molecule has 0 bridgehead atoms. The van der Waals surface area contributed by atoms with E-state index < -0.39 is 10.0 Å². The average molecular weight is 469 g/mol. The second-order valence-corrected chi connectivity index (χ2v) is 10.6. The molecule has 1 saturated heterocycles.